The Hall–Kier alpha value is -2.64. The minimum atomic E-state index is -1.59. The maximum Gasteiger partial charge on any atom is 0.326 e. The number of carbonyl (C=O) groups is 3. The number of aliphatic carboxylic acids is 2. The molecule has 96 valence electrons. The molecule has 0 aliphatic rings. The molecule has 1 rings (SSSR count). The Bertz CT molecular complexity index is 535. The van der Waals surface area contributed by atoms with Crippen molar-refractivity contribution in [1.29, 1.82) is 0 Å². The molecule has 0 aromatic carbocycles. The van der Waals surface area contributed by atoms with Crippen molar-refractivity contribution in [2.45, 2.75) is 12.5 Å². The summed E-state index contributed by atoms with van der Waals surface area (Å²) in [4.78, 5) is 46.5. The number of aromatic nitrogens is 1. The summed E-state index contributed by atoms with van der Waals surface area (Å²) in [7, 11) is 0. The van der Waals surface area contributed by atoms with Crippen molar-refractivity contribution >= 4 is 17.8 Å². The average Bonchev–Trinajstić information content (AvgIpc) is 2.27. The monoisotopic (exact) mass is 254 g/mol. The lowest BCUT2D eigenvalue weighted by Gasteiger charge is -2.11. The first-order chi connectivity index (χ1) is 8.41. The van der Waals surface area contributed by atoms with Crippen LogP contribution in [-0.2, 0) is 9.59 Å². The number of H-pyrrole nitrogens is 1. The Balaban J connectivity index is 2.85. The van der Waals surface area contributed by atoms with Gasteiger partial charge in [0, 0.05) is 18.5 Å². The molecule has 0 unspecified atom stereocenters. The molecule has 0 saturated carbocycles. The number of hydrogen-bond donors (Lipinski definition) is 4. The zero-order valence-electron chi connectivity index (χ0n) is 9.04. The Morgan fingerprint density at radius 1 is 1.33 bits per heavy atom. The van der Waals surface area contributed by atoms with Crippen molar-refractivity contribution in [3.63, 3.8) is 0 Å². The van der Waals surface area contributed by atoms with Gasteiger partial charge in [0.2, 0.25) is 0 Å². The third kappa shape index (κ3) is 3.44. The topological polar surface area (TPSA) is 137 Å². The molecule has 0 aliphatic heterocycles. The molecule has 4 N–H and O–H groups in total. The second-order valence-corrected chi connectivity index (χ2v) is 3.38. The predicted octanol–water partition coefficient (Wildman–Crippen LogP) is -0.967. The van der Waals surface area contributed by atoms with Crippen LogP contribution in [0.3, 0.4) is 0 Å². The van der Waals surface area contributed by atoms with Gasteiger partial charge in [-0.15, -0.1) is 0 Å². The quantitative estimate of drug-likeness (QED) is 0.533. The van der Waals surface area contributed by atoms with Crippen molar-refractivity contribution < 1.29 is 24.6 Å². The summed E-state index contributed by atoms with van der Waals surface area (Å²) >= 11 is 0. The van der Waals surface area contributed by atoms with Crippen molar-refractivity contribution in [2.24, 2.45) is 0 Å². The van der Waals surface area contributed by atoms with E-state index in [1.54, 1.807) is 0 Å². The van der Waals surface area contributed by atoms with E-state index in [0.717, 1.165) is 12.3 Å². The zero-order chi connectivity index (χ0) is 13.7. The highest BCUT2D eigenvalue weighted by Crippen LogP contribution is 1.96. The lowest BCUT2D eigenvalue weighted by molar-refractivity contribution is -0.145. The number of aromatic amines is 1. The number of nitrogens with one attached hydrogen (secondary N) is 2. The average molecular weight is 254 g/mol. The third-order valence-electron chi connectivity index (χ3n) is 2.05. The van der Waals surface area contributed by atoms with E-state index in [4.69, 9.17) is 10.2 Å². The van der Waals surface area contributed by atoms with Crippen LogP contribution < -0.4 is 10.7 Å². The van der Waals surface area contributed by atoms with Gasteiger partial charge >= 0.3 is 11.9 Å². The third-order valence-corrected chi connectivity index (χ3v) is 2.05. The summed E-state index contributed by atoms with van der Waals surface area (Å²) in [5, 5.41) is 19.2. The molecule has 0 fully saturated rings. The highest BCUT2D eigenvalue weighted by atomic mass is 16.4. The minimum Gasteiger partial charge on any atom is -0.481 e. The summed E-state index contributed by atoms with van der Waals surface area (Å²) in [5.41, 5.74) is -0.875. The first-order valence-corrected chi connectivity index (χ1v) is 4.84. The Morgan fingerprint density at radius 2 is 2.00 bits per heavy atom. The second-order valence-electron chi connectivity index (χ2n) is 3.38. The van der Waals surface area contributed by atoms with Gasteiger partial charge in [-0.3, -0.25) is 14.4 Å². The van der Waals surface area contributed by atoms with Gasteiger partial charge in [-0.25, -0.2) is 4.79 Å². The highest BCUT2D eigenvalue weighted by Gasteiger charge is 2.24. The largest absolute Gasteiger partial charge is 0.481 e. The summed E-state index contributed by atoms with van der Waals surface area (Å²) < 4.78 is 0. The zero-order valence-corrected chi connectivity index (χ0v) is 9.04. The number of pyridine rings is 1. The van der Waals surface area contributed by atoms with Crippen molar-refractivity contribution in [1.82, 2.24) is 10.3 Å². The number of carboxylic acid groups (broad SMARTS) is 2. The van der Waals surface area contributed by atoms with Gasteiger partial charge in [0.05, 0.1) is 6.42 Å². The molecule has 8 heteroatoms. The second kappa shape index (κ2) is 5.62. The van der Waals surface area contributed by atoms with Gasteiger partial charge < -0.3 is 20.5 Å². The molecule has 1 atom stereocenters. The summed E-state index contributed by atoms with van der Waals surface area (Å²) in [6, 6.07) is -0.489. The first-order valence-electron chi connectivity index (χ1n) is 4.84. The van der Waals surface area contributed by atoms with Crippen LogP contribution in [-0.4, -0.2) is 39.1 Å². The van der Waals surface area contributed by atoms with Crippen molar-refractivity contribution in [3.8, 4) is 0 Å². The molecule has 0 bridgehead atoms. The maximum atomic E-state index is 11.6. The van der Waals surface area contributed by atoms with Crippen LogP contribution in [0.5, 0.6) is 0 Å². The molecular weight excluding hydrogens is 244 g/mol. The van der Waals surface area contributed by atoms with Crippen LogP contribution in [0, 0.1) is 0 Å². The fourth-order valence-corrected chi connectivity index (χ4v) is 1.20. The SMILES string of the molecule is O=C(O)C[C@H](NC(=O)c1c[nH]ccc1=O)C(=O)O. The minimum absolute atomic E-state index is 0.283. The van der Waals surface area contributed by atoms with E-state index >= 15 is 0 Å². The van der Waals surface area contributed by atoms with E-state index in [9.17, 15) is 19.2 Å². The van der Waals surface area contributed by atoms with Crippen LogP contribution in [0.1, 0.15) is 16.8 Å². The smallest absolute Gasteiger partial charge is 0.326 e. The van der Waals surface area contributed by atoms with E-state index in [1.165, 1.54) is 6.20 Å². The van der Waals surface area contributed by atoms with E-state index in [-0.39, 0.29) is 5.56 Å². The Kier molecular flexibility index (Phi) is 4.19. The van der Waals surface area contributed by atoms with Crippen LogP contribution in [0.25, 0.3) is 0 Å². The van der Waals surface area contributed by atoms with Gasteiger partial charge in [-0.1, -0.05) is 0 Å². The van der Waals surface area contributed by atoms with Crippen LogP contribution in [0.15, 0.2) is 23.3 Å². The molecule has 18 heavy (non-hydrogen) atoms. The molecule has 1 heterocycles. The lowest BCUT2D eigenvalue weighted by Crippen LogP contribution is -2.43. The maximum absolute atomic E-state index is 11.6. The predicted molar refractivity (Wildman–Crippen MR) is 58.2 cm³/mol. The Morgan fingerprint density at radius 3 is 2.50 bits per heavy atom. The molecule has 1 aromatic heterocycles. The molecule has 1 aromatic rings. The number of carboxylic acids is 2. The van der Waals surface area contributed by atoms with Gasteiger partial charge in [0.1, 0.15) is 11.6 Å². The standard InChI is InChI=1S/C10H10N2O6/c13-7-1-2-11-4-5(7)9(16)12-6(10(17)18)3-8(14)15/h1-2,4,6H,3H2,(H,11,13)(H,12,16)(H,14,15)(H,17,18)/t6-/m0/s1. The van der Waals surface area contributed by atoms with Gasteiger partial charge in [0.25, 0.3) is 5.91 Å². The molecule has 8 nitrogen and oxygen atoms in total. The summed E-state index contributed by atoms with van der Waals surface area (Å²) in [5.74, 6) is -3.80. The van der Waals surface area contributed by atoms with Crippen molar-refractivity contribution in [3.05, 3.63) is 34.2 Å². The van der Waals surface area contributed by atoms with Crippen LogP contribution >= 0.6 is 0 Å². The number of hydrogen-bond acceptors (Lipinski definition) is 4. The number of rotatable bonds is 5. The number of amides is 1. The van der Waals surface area contributed by atoms with Crippen LogP contribution in [0.4, 0.5) is 0 Å². The molecule has 0 saturated heterocycles. The molecule has 0 spiro atoms. The fourth-order valence-electron chi connectivity index (χ4n) is 1.20. The fraction of sp³-hybridized carbons (Fsp3) is 0.200. The van der Waals surface area contributed by atoms with E-state index in [0.29, 0.717) is 0 Å². The van der Waals surface area contributed by atoms with Gasteiger partial charge in [-0.2, -0.15) is 0 Å². The molecule has 0 radical (unpaired) electrons. The van der Waals surface area contributed by atoms with E-state index < -0.39 is 35.7 Å². The Labute approximate surface area is 100 Å². The normalized spacial score (nSPS) is 11.6. The first kappa shape index (κ1) is 13.4. The van der Waals surface area contributed by atoms with E-state index in [1.807, 2.05) is 5.32 Å². The van der Waals surface area contributed by atoms with Crippen molar-refractivity contribution in [2.75, 3.05) is 0 Å². The lowest BCUT2D eigenvalue weighted by atomic mass is 10.2. The summed E-state index contributed by atoms with van der Waals surface area (Å²) in [6.45, 7) is 0. The van der Waals surface area contributed by atoms with Gasteiger partial charge in [-0.05, 0) is 0 Å². The highest BCUT2D eigenvalue weighted by molar-refractivity contribution is 5.96. The molecule has 1 amide bonds. The van der Waals surface area contributed by atoms with Gasteiger partial charge in [0.15, 0.2) is 5.43 Å². The number of carbonyl (C=O) groups excluding carboxylic acids is 1. The molecule has 0 aliphatic carbocycles. The molecular formula is C10H10N2O6. The van der Waals surface area contributed by atoms with E-state index in [2.05, 4.69) is 4.98 Å². The summed E-state index contributed by atoms with van der Waals surface area (Å²) in [6.07, 6.45) is 1.65. The van der Waals surface area contributed by atoms with Crippen LogP contribution in [0.2, 0.25) is 0 Å².